The molecule has 2 N–H and O–H groups in total. The third-order valence-electron chi connectivity index (χ3n) is 4.56. The largest absolute Gasteiger partial charge is 0.507 e. The van der Waals surface area contributed by atoms with Crippen LogP contribution in [0.25, 0.3) is 6.08 Å². The molecular weight excluding hydrogens is 312 g/mol. The highest BCUT2D eigenvalue weighted by Gasteiger charge is 2.12. The molecule has 0 aliphatic rings. The average Bonchev–Trinajstić information content (AvgIpc) is 2.58. The molecule has 0 aliphatic heterocycles. The fourth-order valence-corrected chi connectivity index (χ4v) is 3.07. The van der Waals surface area contributed by atoms with Crippen molar-refractivity contribution in [2.45, 2.75) is 84.0 Å². The predicted molar refractivity (Wildman–Crippen MR) is 105 cm³/mol. The number of unbranched alkanes of at least 4 members (excludes halogenated alkanes) is 11. The molecule has 1 aromatic carbocycles. The smallest absolute Gasteiger partial charge is 0.340 e. The minimum atomic E-state index is -1.09. The molecule has 1 aromatic rings. The average molecular weight is 347 g/mol. The Hall–Kier alpha value is -1.77. The van der Waals surface area contributed by atoms with Gasteiger partial charge in [0.2, 0.25) is 0 Å². The van der Waals surface area contributed by atoms with Gasteiger partial charge in [-0.2, -0.15) is 0 Å². The van der Waals surface area contributed by atoms with Crippen molar-refractivity contribution < 1.29 is 15.0 Å². The molecule has 0 spiro atoms. The van der Waals surface area contributed by atoms with Crippen LogP contribution >= 0.6 is 0 Å². The second-order valence-electron chi connectivity index (χ2n) is 6.77. The summed E-state index contributed by atoms with van der Waals surface area (Å²) in [5, 5.41) is 18.8. The van der Waals surface area contributed by atoms with Gasteiger partial charge in [0.05, 0.1) is 0 Å². The van der Waals surface area contributed by atoms with Crippen molar-refractivity contribution in [1.82, 2.24) is 0 Å². The lowest BCUT2D eigenvalue weighted by Gasteiger charge is -2.03. The zero-order valence-corrected chi connectivity index (χ0v) is 15.7. The molecule has 0 bridgehead atoms. The van der Waals surface area contributed by atoms with Gasteiger partial charge in [0, 0.05) is 0 Å². The minimum Gasteiger partial charge on any atom is -0.507 e. The molecule has 0 fully saturated rings. The first-order valence-corrected chi connectivity index (χ1v) is 9.88. The number of rotatable bonds is 14. The van der Waals surface area contributed by atoms with Crippen molar-refractivity contribution in [3.05, 3.63) is 35.4 Å². The van der Waals surface area contributed by atoms with E-state index in [1.807, 2.05) is 6.08 Å². The summed E-state index contributed by atoms with van der Waals surface area (Å²) in [5.41, 5.74) is 0.549. The van der Waals surface area contributed by atoms with E-state index in [1.54, 1.807) is 18.2 Å². The summed E-state index contributed by atoms with van der Waals surface area (Å²) in [6, 6.07) is 4.80. The number of hydrogen-bond donors (Lipinski definition) is 2. The van der Waals surface area contributed by atoms with E-state index in [2.05, 4.69) is 6.92 Å². The van der Waals surface area contributed by atoms with E-state index in [0.717, 1.165) is 12.8 Å². The number of allylic oxidation sites excluding steroid dienone is 1. The lowest BCUT2D eigenvalue weighted by Crippen LogP contribution is -1.99. The lowest BCUT2D eigenvalue weighted by atomic mass is 10.0. The summed E-state index contributed by atoms with van der Waals surface area (Å²) in [6.07, 6.45) is 19.3. The maximum absolute atomic E-state index is 11.2. The molecule has 0 unspecified atom stereocenters. The van der Waals surface area contributed by atoms with Crippen molar-refractivity contribution in [2.24, 2.45) is 0 Å². The van der Waals surface area contributed by atoms with Gasteiger partial charge in [0.1, 0.15) is 11.3 Å². The molecule has 3 heteroatoms. The molecule has 25 heavy (non-hydrogen) atoms. The molecule has 0 heterocycles. The Balaban J connectivity index is 2.10. The van der Waals surface area contributed by atoms with E-state index < -0.39 is 5.97 Å². The van der Waals surface area contributed by atoms with Crippen molar-refractivity contribution >= 4 is 12.0 Å². The highest BCUT2D eigenvalue weighted by atomic mass is 16.4. The van der Waals surface area contributed by atoms with Gasteiger partial charge in [-0.3, -0.25) is 0 Å². The van der Waals surface area contributed by atoms with Gasteiger partial charge in [-0.25, -0.2) is 4.79 Å². The van der Waals surface area contributed by atoms with Crippen LogP contribution in [0, 0.1) is 0 Å². The fraction of sp³-hybridized carbons (Fsp3) is 0.591. The first-order chi connectivity index (χ1) is 12.2. The van der Waals surface area contributed by atoms with E-state index >= 15 is 0 Å². The normalized spacial score (nSPS) is 11.2. The van der Waals surface area contributed by atoms with Crippen molar-refractivity contribution in [1.29, 1.82) is 0 Å². The van der Waals surface area contributed by atoms with Crippen LogP contribution < -0.4 is 0 Å². The van der Waals surface area contributed by atoms with E-state index in [1.165, 1.54) is 70.3 Å². The summed E-state index contributed by atoms with van der Waals surface area (Å²) in [5.74, 6) is -1.27. The Morgan fingerprint density at radius 2 is 1.48 bits per heavy atom. The van der Waals surface area contributed by atoms with Crippen LogP contribution in [0.1, 0.15) is 99.9 Å². The highest BCUT2D eigenvalue weighted by molar-refractivity contribution is 5.95. The molecule has 0 atom stereocenters. The maximum Gasteiger partial charge on any atom is 0.340 e. The lowest BCUT2D eigenvalue weighted by molar-refractivity contribution is 0.0693. The maximum atomic E-state index is 11.2. The Morgan fingerprint density at radius 1 is 0.920 bits per heavy atom. The van der Waals surface area contributed by atoms with Crippen LogP contribution in [0.4, 0.5) is 0 Å². The van der Waals surface area contributed by atoms with Gasteiger partial charge < -0.3 is 10.2 Å². The Morgan fingerprint density at radius 3 is 2.04 bits per heavy atom. The van der Waals surface area contributed by atoms with E-state index in [4.69, 9.17) is 5.11 Å². The second kappa shape index (κ2) is 13.5. The molecule has 0 saturated carbocycles. The first kappa shape index (κ1) is 21.3. The summed E-state index contributed by atoms with van der Waals surface area (Å²) in [6.45, 7) is 2.25. The molecule has 3 nitrogen and oxygen atoms in total. The monoisotopic (exact) mass is 346 g/mol. The van der Waals surface area contributed by atoms with E-state index in [9.17, 15) is 9.90 Å². The molecule has 1 rings (SSSR count). The molecule has 0 saturated heterocycles. The van der Waals surface area contributed by atoms with Crippen LogP contribution in [0.5, 0.6) is 5.75 Å². The summed E-state index contributed by atoms with van der Waals surface area (Å²) in [7, 11) is 0. The number of carboxylic acid groups (broad SMARTS) is 1. The minimum absolute atomic E-state index is 0.0160. The van der Waals surface area contributed by atoms with Gasteiger partial charge >= 0.3 is 5.97 Å². The summed E-state index contributed by atoms with van der Waals surface area (Å²) < 4.78 is 0. The zero-order chi connectivity index (χ0) is 18.3. The zero-order valence-electron chi connectivity index (χ0n) is 15.7. The molecule has 0 amide bonds. The third-order valence-corrected chi connectivity index (χ3v) is 4.56. The number of benzene rings is 1. The number of hydrogen-bond acceptors (Lipinski definition) is 2. The van der Waals surface area contributed by atoms with Gasteiger partial charge in [-0.1, -0.05) is 95.4 Å². The Labute approximate surface area is 152 Å². The van der Waals surface area contributed by atoms with Crippen LogP contribution in [0.3, 0.4) is 0 Å². The Bertz CT molecular complexity index is 520. The quantitative estimate of drug-likeness (QED) is 0.364. The fourth-order valence-electron chi connectivity index (χ4n) is 3.07. The molecule has 0 radical (unpaired) electrons. The number of aromatic hydroxyl groups is 1. The summed E-state index contributed by atoms with van der Waals surface area (Å²) >= 11 is 0. The van der Waals surface area contributed by atoms with Crippen LogP contribution in [-0.4, -0.2) is 16.2 Å². The number of aromatic carboxylic acids is 1. The number of phenols is 1. The standard InChI is InChI=1S/C22H34O3/c1-2-3-4-5-6-7-8-9-10-11-12-13-14-16-19-17-15-18-20(23)21(19)22(24)25/h14-18,23H,2-13H2,1H3,(H,24,25)/b16-14+. The molecule has 140 valence electrons. The van der Waals surface area contributed by atoms with Gasteiger partial charge in [-0.05, 0) is 24.5 Å². The highest BCUT2D eigenvalue weighted by Crippen LogP contribution is 2.22. The SMILES string of the molecule is CCCCCCCCCCCCC/C=C/c1cccc(O)c1C(=O)O. The molecule has 0 aliphatic carbocycles. The van der Waals surface area contributed by atoms with Crippen LogP contribution in [0.15, 0.2) is 24.3 Å². The van der Waals surface area contributed by atoms with Crippen LogP contribution in [0.2, 0.25) is 0 Å². The molecular formula is C22H34O3. The Kier molecular flexibility index (Phi) is 11.5. The third kappa shape index (κ3) is 9.33. The topological polar surface area (TPSA) is 57.5 Å². The number of carboxylic acids is 1. The van der Waals surface area contributed by atoms with Crippen molar-refractivity contribution in [2.75, 3.05) is 0 Å². The number of carbonyl (C=O) groups is 1. The van der Waals surface area contributed by atoms with Crippen LogP contribution in [-0.2, 0) is 0 Å². The predicted octanol–water partition coefficient (Wildman–Crippen LogP) is 6.80. The van der Waals surface area contributed by atoms with Gasteiger partial charge in [-0.15, -0.1) is 0 Å². The van der Waals surface area contributed by atoms with Gasteiger partial charge in [0.15, 0.2) is 0 Å². The second-order valence-corrected chi connectivity index (χ2v) is 6.77. The van der Waals surface area contributed by atoms with Crippen molar-refractivity contribution in [3.8, 4) is 5.75 Å². The van der Waals surface area contributed by atoms with Crippen molar-refractivity contribution in [3.63, 3.8) is 0 Å². The molecule has 0 aromatic heterocycles. The van der Waals surface area contributed by atoms with Gasteiger partial charge in [0.25, 0.3) is 0 Å². The van der Waals surface area contributed by atoms with E-state index in [0.29, 0.717) is 5.56 Å². The first-order valence-electron chi connectivity index (χ1n) is 9.88. The van der Waals surface area contributed by atoms with E-state index in [-0.39, 0.29) is 11.3 Å². The summed E-state index contributed by atoms with van der Waals surface area (Å²) in [4.78, 5) is 11.2.